The van der Waals surface area contributed by atoms with Gasteiger partial charge in [0.1, 0.15) is 0 Å². The van der Waals surface area contributed by atoms with E-state index in [1.165, 1.54) is 0 Å². The van der Waals surface area contributed by atoms with Gasteiger partial charge in [-0.3, -0.25) is 0 Å². The Morgan fingerprint density at radius 3 is 2.35 bits per heavy atom. The number of hydrogen-bond donors (Lipinski definition) is 2. The number of piperidine rings is 1. The lowest BCUT2D eigenvalue weighted by Gasteiger charge is -2.25. The predicted molar refractivity (Wildman–Crippen MR) is 87.4 cm³/mol. The number of rotatable bonds is 5. The Bertz CT molecular complexity index is 648. The van der Waals surface area contributed by atoms with Crippen LogP contribution in [0.2, 0.25) is 0 Å². The van der Waals surface area contributed by atoms with E-state index >= 15 is 0 Å². The van der Waals surface area contributed by atoms with E-state index in [1.807, 2.05) is 0 Å². The number of urea groups is 1. The summed E-state index contributed by atoms with van der Waals surface area (Å²) in [6, 6.07) is 6.92. The molecule has 2 fully saturated rings. The molecule has 1 saturated carbocycles. The molecule has 6 nitrogen and oxygen atoms in total. The van der Waals surface area contributed by atoms with Crippen molar-refractivity contribution in [2.45, 2.75) is 49.6 Å². The summed E-state index contributed by atoms with van der Waals surface area (Å²) in [5.41, 5.74) is 0.883. The van der Waals surface area contributed by atoms with Crippen LogP contribution in [0.4, 0.5) is 4.79 Å². The molecule has 0 atom stereocenters. The van der Waals surface area contributed by atoms with Gasteiger partial charge in [0.2, 0.25) is 10.0 Å². The third kappa shape index (κ3) is 4.23. The minimum atomic E-state index is -3.38. The zero-order valence-electron chi connectivity index (χ0n) is 13.1. The third-order valence-corrected chi connectivity index (χ3v) is 6.15. The molecule has 2 N–H and O–H groups in total. The molecule has 23 heavy (non-hydrogen) atoms. The lowest BCUT2D eigenvalue weighted by molar-refractivity contribution is 0.240. The largest absolute Gasteiger partial charge is 0.335 e. The summed E-state index contributed by atoms with van der Waals surface area (Å²) in [7, 11) is -3.38. The van der Waals surface area contributed by atoms with Gasteiger partial charge >= 0.3 is 6.03 Å². The van der Waals surface area contributed by atoms with Crippen LogP contribution in [0.1, 0.15) is 37.7 Å². The maximum absolute atomic E-state index is 12.5. The van der Waals surface area contributed by atoms with Crippen LogP contribution in [0.3, 0.4) is 0 Å². The van der Waals surface area contributed by atoms with Gasteiger partial charge in [-0.25, -0.2) is 13.2 Å². The van der Waals surface area contributed by atoms with E-state index in [1.54, 1.807) is 28.6 Å². The van der Waals surface area contributed by atoms with Crippen molar-refractivity contribution in [3.63, 3.8) is 0 Å². The first-order valence-electron chi connectivity index (χ1n) is 8.19. The van der Waals surface area contributed by atoms with E-state index in [0.717, 1.165) is 37.7 Å². The molecular formula is C16H23N3O3S. The fraction of sp³-hybridized carbons (Fsp3) is 0.562. The van der Waals surface area contributed by atoms with Crippen molar-refractivity contribution >= 4 is 16.1 Å². The summed E-state index contributed by atoms with van der Waals surface area (Å²) < 4.78 is 26.6. The van der Waals surface area contributed by atoms with Crippen LogP contribution in [0.15, 0.2) is 29.2 Å². The molecule has 0 spiro atoms. The monoisotopic (exact) mass is 337 g/mol. The van der Waals surface area contributed by atoms with Crippen LogP contribution in [-0.4, -0.2) is 37.9 Å². The van der Waals surface area contributed by atoms with Gasteiger partial charge in [0, 0.05) is 25.7 Å². The molecule has 1 aliphatic heterocycles. The Morgan fingerprint density at radius 2 is 1.74 bits per heavy atom. The van der Waals surface area contributed by atoms with Gasteiger partial charge in [0.15, 0.2) is 0 Å². The summed E-state index contributed by atoms with van der Waals surface area (Å²) in [4.78, 5) is 11.9. The van der Waals surface area contributed by atoms with Gasteiger partial charge in [0.05, 0.1) is 4.90 Å². The summed E-state index contributed by atoms with van der Waals surface area (Å²) in [5.74, 6) is 0. The average molecular weight is 337 g/mol. The van der Waals surface area contributed by atoms with Crippen molar-refractivity contribution in [3.8, 4) is 0 Å². The van der Waals surface area contributed by atoms with E-state index in [9.17, 15) is 13.2 Å². The van der Waals surface area contributed by atoms with E-state index in [4.69, 9.17) is 0 Å². The van der Waals surface area contributed by atoms with E-state index in [2.05, 4.69) is 10.6 Å². The van der Waals surface area contributed by atoms with Crippen LogP contribution in [0, 0.1) is 0 Å². The number of benzene rings is 1. The summed E-state index contributed by atoms with van der Waals surface area (Å²) in [5, 5.41) is 5.63. The molecule has 2 aliphatic rings. The minimum Gasteiger partial charge on any atom is -0.335 e. The van der Waals surface area contributed by atoms with Crippen LogP contribution < -0.4 is 10.6 Å². The highest BCUT2D eigenvalue weighted by molar-refractivity contribution is 7.89. The van der Waals surface area contributed by atoms with Gasteiger partial charge < -0.3 is 10.6 Å². The molecule has 1 heterocycles. The third-order valence-electron chi connectivity index (χ3n) is 4.24. The van der Waals surface area contributed by atoms with Crippen LogP contribution in [-0.2, 0) is 16.6 Å². The minimum absolute atomic E-state index is 0.169. The number of nitrogens with zero attached hydrogens (tertiary/aromatic N) is 1. The maximum Gasteiger partial charge on any atom is 0.315 e. The van der Waals surface area contributed by atoms with Gasteiger partial charge in [-0.2, -0.15) is 4.31 Å². The van der Waals surface area contributed by atoms with Crippen LogP contribution >= 0.6 is 0 Å². The van der Waals surface area contributed by atoms with Crippen LogP contribution in [0.5, 0.6) is 0 Å². The number of carbonyl (C=O) groups excluding carboxylic acids is 1. The van der Waals surface area contributed by atoms with Crippen molar-refractivity contribution in [2.24, 2.45) is 0 Å². The molecule has 1 saturated heterocycles. The molecule has 0 bridgehead atoms. The Labute approximate surface area is 137 Å². The molecule has 1 aromatic carbocycles. The zero-order chi connectivity index (χ0) is 16.3. The summed E-state index contributed by atoms with van der Waals surface area (Å²) in [6.07, 6.45) is 5.06. The highest BCUT2D eigenvalue weighted by Crippen LogP contribution is 2.21. The van der Waals surface area contributed by atoms with Crippen molar-refractivity contribution < 1.29 is 13.2 Å². The summed E-state index contributed by atoms with van der Waals surface area (Å²) >= 11 is 0. The lowest BCUT2D eigenvalue weighted by Crippen LogP contribution is -2.36. The predicted octanol–water partition coefficient (Wildman–Crippen LogP) is 1.82. The molecule has 0 unspecified atom stereocenters. The van der Waals surface area contributed by atoms with Crippen molar-refractivity contribution in [1.82, 2.24) is 14.9 Å². The van der Waals surface area contributed by atoms with Crippen molar-refractivity contribution in [1.29, 1.82) is 0 Å². The molecule has 3 rings (SSSR count). The van der Waals surface area contributed by atoms with Crippen LogP contribution in [0.25, 0.3) is 0 Å². The molecule has 0 aromatic heterocycles. The average Bonchev–Trinajstić information content (AvgIpc) is 3.38. The normalized spacial score (nSPS) is 19.3. The fourth-order valence-electron chi connectivity index (χ4n) is 2.68. The smallest absolute Gasteiger partial charge is 0.315 e. The number of nitrogens with one attached hydrogen (secondary N) is 2. The Morgan fingerprint density at radius 1 is 1.09 bits per heavy atom. The number of carbonyl (C=O) groups is 1. The molecule has 126 valence electrons. The van der Waals surface area contributed by atoms with E-state index in [0.29, 0.717) is 30.6 Å². The van der Waals surface area contributed by atoms with Gasteiger partial charge in [-0.1, -0.05) is 18.6 Å². The second-order valence-electron chi connectivity index (χ2n) is 6.21. The topological polar surface area (TPSA) is 78.5 Å². The SMILES string of the molecule is O=C(NCc1ccc(S(=O)(=O)N2CCCCC2)cc1)NC1CC1. The first-order chi connectivity index (χ1) is 11.1. The van der Waals surface area contributed by atoms with Gasteiger partial charge in [-0.05, 0) is 43.4 Å². The van der Waals surface area contributed by atoms with Crippen molar-refractivity contribution in [2.75, 3.05) is 13.1 Å². The Hall–Kier alpha value is -1.60. The fourth-order valence-corrected chi connectivity index (χ4v) is 4.20. The quantitative estimate of drug-likeness (QED) is 0.860. The molecule has 0 radical (unpaired) electrons. The van der Waals surface area contributed by atoms with Crippen molar-refractivity contribution in [3.05, 3.63) is 29.8 Å². The second kappa shape index (κ2) is 6.88. The Balaban J connectivity index is 1.58. The number of amides is 2. The van der Waals surface area contributed by atoms with E-state index in [-0.39, 0.29) is 6.03 Å². The standard InChI is InChI=1S/C16H23N3O3S/c20-16(18-14-6-7-14)17-12-13-4-8-15(9-5-13)23(21,22)19-10-2-1-3-11-19/h4-5,8-9,14H,1-3,6-7,10-12H2,(H2,17,18,20). The number of hydrogen-bond acceptors (Lipinski definition) is 3. The Kier molecular flexibility index (Phi) is 4.87. The maximum atomic E-state index is 12.5. The molecule has 2 amide bonds. The summed E-state index contributed by atoms with van der Waals surface area (Å²) in [6.45, 7) is 1.60. The highest BCUT2D eigenvalue weighted by atomic mass is 32.2. The molecule has 1 aromatic rings. The zero-order valence-corrected chi connectivity index (χ0v) is 13.9. The van der Waals surface area contributed by atoms with E-state index < -0.39 is 10.0 Å². The lowest BCUT2D eigenvalue weighted by atomic mass is 10.2. The first-order valence-corrected chi connectivity index (χ1v) is 9.63. The molecule has 1 aliphatic carbocycles. The first kappa shape index (κ1) is 16.3. The highest BCUT2D eigenvalue weighted by Gasteiger charge is 2.26. The molecular weight excluding hydrogens is 314 g/mol. The van der Waals surface area contributed by atoms with Gasteiger partial charge in [0.25, 0.3) is 0 Å². The molecule has 7 heteroatoms. The van der Waals surface area contributed by atoms with Gasteiger partial charge in [-0.15, -0.1) is 0 Å². The number of sulfonamides is 1. The second-order valence-corrected chi connectivity index (χ2v) is 8.15.